The summed E-state index contributed by atoms with van der Waals surface area (Å²) in [6, 6.07) is 4.16. The van der Waals surface area contributed by atoms with Gasteiger partial charge in [-0.2, -0.15) is 0 Å². The highest BCUT2D eigenvalue weighted by Crippen LogP contribution is 2.22. The summed E-state index contributed by atoms with van der Waals surface area (Å²) in [5.41, 5.74) is 1.56. The van der Waals surface area contributed by atoms with E-state index in [0.29, 0.717) is 18.3 Å². The van der Waals surface area contributed by atoms with E-state index < -0.39 is 17.5 Å². The Morgan fingerprint density at radius 1 is 1.10 bits per heavy atom. The van der Waals surface area contributed by atoms with Gasteiger partial charge >= 0.3 is 0 Å². The molecule has 1 aromatic carbocycles. The summed E-state index contributed by atoms with van der Waals surface area (Å²) in [4.78, 5) is 8.45. The number of nitrogens with one attached hydrogen (secondary N) is 1. The van der Waals surface area contributed by atoms with Crippen molar-refractivity contribution in [1.82, 2.24) is 15.3 Å². The van der Waals surface area contributed by atoms with Gasteiger partial charge in [0.2, 0.25) is 0 Å². The third-order valence-corrected chi connectivity index (χ3v) is 3.30. The maximum Gasteiger partial charge on any atom is 0.194 e. The van der Waals surface area contributed by atoms with Crippen LogP contribution in [0.3, 0.4) is 0 Å². The molecular weight excluding hydrogens is 279 g/mol. The smallest absolute Gasteiger partial charge is 0.194 e. The quantitative estimate of drug-likeness (QED) is 0.880. The zero-order valence-corrected chi connectivity index (χ0v) is 11.5. The lowest BCUT2D eigenvalue weighted by Gasteiger charge is -2.08. The highest BCUT2D eigenvalue weighted by molar-refractivity contribution is 5.55. The standard InChI is InChI=1S/C15H14F3N3/c1-8-4-11(7-19-10-2-3-10)21-15(20-8)9-5-12(16)14(18)13(17)6-9/h4-6,10,19H,2-3,7H2,1H3. The SMILES string of the molecule is Cc1cc(CNC2CC2)nc(-c2cc(F)c(F)c(F)c2)n1. The van der Waals surface area contributed by atoms with Gasteiger partial charge in [-0.25, -0.2) is 23.1 Å². The van der Waals surface area contributed by atoms with Crippen molar-refractivity contribution in [2.45, 2.75) is 32.4 Å². The van der Waals surface area contributed by atoms with Crippen molar-refractivity contribution in [2.24, 2.45) is 0 Å². The lowest BCUT2D eigenvalue weighted by Crippen LogP contribution is -2.16. The number of hydrogen-bond acceptors (Lipinski definition) is 3. The second-order valence-electron chi connectivity index (χ2n) is 5.23. The van der Waals surface area contributed by atoms with Gasteiger partial charge < -0.3 is 5.32 Å². The molecule has 3 nitrogen and oxygen atoms in total. The van der Waals surface area contributed by atoms with Gasteiger partial charge in [0.05, 0.1) is 5.69 Å². The topological polar surface area (TPSA) is 37.8 Å². The lowest BCUT2D eigenvalue weighted by molar-refractivity contribution is 0.447. The normalized spacial score (nSPS) is 14.5. The van der Waals surface area contributed by atoms with Crippen LogP contribution in [-0.2, 0) is 6.54 Å². The van der Waals surface area contributed by atoms with Gasteiger partial charge in [-0.05, 0) is 38.0 Å². The van der Waals surface area contributed by atoms with Gasteiger partial charge in [-0.15, -0.1) is 0 Å². The van der Waals surface area contributed by atoms with Gasteiger partial charge in [0.25, 0.3) is 0 Å². The predicted molar refractivity (Wildman–Crippen MR) is 71.9 cm³/mol. The number of hydrogen-bond donors (Lipinski definition) is 1. The van der Waals surface area contributed by atoms with Crippen molar-refractivity contribution in [2.75, 3.05) is 0 Å². The molecule has 1 aliphatic carbocycles. The van der Waals surface area contributed by atoms with Crippen LogP contribution in [0.1, 0.15) is 24.2 Å². The number of aromatic nitrogens is 2. The second-order valence-corrected chi connectivity index (χ2v) is 5.23. The van der Waals surface area contributed by atoms with Gasteiger partial charge in [0.1, 0.15) is 0 Å². The first-order valence-corrected chi connectivity index (χ1v) is 6.76. The van der Waals surface area contributed by atoms with E-state index in [2.05, 4.69) is 15.3 Å². The summed E-state index contributed by atoms with van der Waals surface area (Å²) in [5.74, 6) is -3.78. The van der Waals surface area contributed by atoms with Crippen LogP contribution in [-0.4, -0.2) is 16.0 Å². The first-order chi connectivity index (χ1) is 10.0. The molecule has 0 bridgehead atoms. The van der Waals surface area contributed by atoms with E-state index in [1.54, 1.807) is 6.92 Å². The summed E-state index contributed by atoms with van der Waals surface area (Å²) in [6.45, 7) is 2.36. The van der Waals surface area contributed by atoms with Crippen molar-refractivity contribution in [3.05, 3.63) is 47.0 Å². The molecule has 1 fully saturated rings. The third kappa shape index (κ3) is 3.21. The fourth-order valence-corrected chi connectivity index (χ4v) is 2.07. The maximum absolute atomic E-state index is 13.3. The summed E-state index contributed by atoms with van der Waals surface area (Å²) < 4.78 is 39.6. The number of rotatable bonds is 4. The molecule has 3 rings (SSSR count). The van der Waals surface area contributed by atoms with E-state index in [1.807, 2.05) is 6.07 Å². The Hall–Kier alpha value is -1.95. The first-order valence-electron chi connectivity index (χ1n) is 6.76. The minimum atomic E-state index is -1.48. The molecule has 1 heterocycles. The van der Waals surface area contributed by atoms with Gasteiger partial charge in [0, 0.05) is 23.8 Å². The molecule has 2 aromatic rings. The van der Waals surface area contributed by atoms with Crippen molar-refractivity contribution in [3.8, 4) is 11.4 Å². The van der Waals surface area contributed by atoms with Crippen LogP contribution >= 0.6 is 0 Å². The fraction of sp³-hybridized carbons (Fsp3) is 0.333. The van der Waals surface area contributed by atoms with Crippen LogP contribution in [0.2, 0.25) is 0 Å². The highest BCUT2D eigenvalue weighted by Gasteiger charge is 2.20. The molecule has 0 spiro atoms. The monoisotopic (exact) mass is 293 g/mol. The van der Waals surface area contributed by atoms with E-state index in [-0.39, 0.29) is 11.4 Å². The van der Waals surface area contributed by atoms with Crippen molar-refractivity contribution < 1.29 is 13.2 Å². The van der Waals surface area contributed by atoms with Crippen LogP contribution in [0.4, 0.5) is 13.2 Å². The van der Waals surface area contributed by atoms with Crippen molar-refractivity contribution in [1.29, 1.82) is 0 Å². The van der Waals surface area contributed by atoms with E-state index in [1.165, 1.54) is 0 Å². The van der Waals surface area contributed by atoms with Gasteiger partial charge in [-0.1, -0.05) is 0 Å². The molecule has 1 aliphatic rings. The molecule has 0 amide bonds. The maximum atomic E-state index is 13.3. The molecule has 0 aliphatic heterocycles. The predicted octanol–water partition coefficient (Wildman–Crippen LogP) is 3.12. The molecule has 0 unspecified atom stereocenters. The van der Waals surface area contributed by atoms with Crippen LogP contribution in [0.15, 0.2) is 18.2 Å². The van der Waals surface area contributed by atoms with Crippen molar-refractivity contribution in [3.63, 3.8) is 0 Å². The minimum absolute atomic E-state index is 0.128. The molecule has 110 valence electrons. The van der Waals surface area contributed by atoms with Crippen LogP contribution in [0, 0.1) is 24.4 Å². The number of benzene rings is 1. The molecule has 1 saturated carbocycles. The molecule has 6 heteroatoms. The Bertz CT molecular complexity index is 661. The fourth-order valence-electron chi connectivity index (χ4n) is 2.07. The largest absolute Gasteiger partial charge is 0.308 e. The Kier molecular flexibility index (Phi) is 3.63. The van der Waals surface area contributed by atoms with Crippen LogP contribution < -0.4 is 5.32 Å². The zero-order valence-electron chi connectivity index (χ0n) is 11.5. The average molecular weight is 293 g/mol. The zero-order chi connectivity index (χ0) is 15.0. The molecule has 1 N–H and O–H groups in total. The Morgan fingerprint density at radius 2 is 1.76 bits per heavy atom. The molecule has 0 radical (unpaired) electrons. The number of halogens is 3. The minimum Gasteiger partial charge on any atom is -0.308 e. The van der Waals surface area contributed by atoms with Gasteiger partial charge in [0.15, 0.2) is 23.3 Å². The third-order valence-electron chi connectivity index (χ3n) is 3.30. The van der Waals surface area contributed by atoms with E-state index >= 15 is 0 Å². The van der Waals surface area contributed by atoms with E-state index in [0.717, 1.165) is 30.7 Å². The number of nitrogens with zero attached hydrogens (tertiary/aromatic N) is 2. The average Bonchev–Trinajstić information content (AvgIpc) is 3.25. The second kappa shape index (κ2) is 5.44. The van der Waals surface area contributed by atoms with Crippen LogP contribution in [0.5, 0.6) is 0 Å². The Morgan fingerprint density at radius 3 is 2.38 bits per heavy atom. The summed E-state index contributed by atoms with van der Waals surface area (Å²) >= 11 is 0. The Labute approximate surface area is 120 Å². The summed E-state index contributed by atoms with van der Waals surface area (Å²) in [5, 5.41) is 3.31. The molecular formula is C15H14F3N3. The summed E-state index contributed by atoms with van der Waals surface area (Å²) in [7, 11) is 0. The molecule has 0 atom stereocenters. The molecule has 1 aromatic heterocycles. The molecule has 21 heavy (non-hydrogen) atoms. The van der Waals surface area contributed by atoms with Crippen LogP contribution in [0.25, 0.3) is 11.4 Å². The summed E-state index contributed by atoms with van der Waals surface area (Å²) in [6.07, 6.45) is 2.32. The van der Waals surface area contributed by atoms with Crippen molar-refractivity contribution >= 4 is 0 Å². The molecule has 0 saturated heterocycles. The Balaban J connectivity index is 1.93. The lowest BCUT2D eigenvalue weighted by atomic mass is 10.2. The first kappa shape index (κ1) is 14.0. The van der Waals surface area contributed by atoms with E-state index in [4.69, 9.17) is 0 Å². The van der Waals surface area contributed by atoms with E-state index in [9.17, 15) is 13.2 Å². The van der Waals surface area contributed by atoms with Gasteiger partial charge in [-0.3, -0.25) is 0 Å². The number of aryl methyl sites for hydroxylation is 1. The highest BCUT2D eigenvalue weighted by atomic mass is 19.2.